The summed E-state index contributed by atoms with van der Waals surface area (Å²) in [7, 11) is -3.91. The molecule has 1 N–H and O–H groups in total. The van der Waals surface area contributed by atoms with E-state index in [0.717, 1.165) is 11.1 Å². The molecule has 34 heavy (non-hydrogen) atoms. The van der Waals surface area contributed by atoms with Crippen LogP contribution in [0.15, 0.2) is 83.8 Å². The molecule has 0 saturated carbocycles. The van der Waals surface area contributed by atoms with Gasteiger partial charge in [-0.25, -0.2) is 8.42 Å². The number of carbonyl (C=O) groups is 1. The van der Waals surface area contributed by atoms with E-state index in [2.05, 4.69) is 15.5 Å². The smallest absolute Gasteiger partial charge is 0.269 e. The van der Waals surface area contributed by atoms with Crippen LogP contribution in [0.1, 0.15) is 5.56 Å². The van der Waals surface area contributed by atoms with Crippen molar-refractivity contribution in [2.24, 2.45) is 0 Å². The molecule has 4 aromatic rings. The standard InChI is InChI=1S/C24H20N4O4S2/c1-16-12-13-19-20(14-16)32-21(15-28(19)34(30,31)18-10-6-3-7-11-18)22(29)25-24-27-26-23(33-24)17-8-4-2-5-9-17/h2-14,21H,15H2,1H3,(H,25,27,29). The Morgan fingerprint density at radius 1 is 1.03 bits per heavy atom. The summed E-state index contributed by atoms with van der Waals surface area (Å²) < 4.78 is 34.0. The molecular weight excluding hydrogens is 472 g/mol. The number of nitrogens with one attached hydrogen (secondary N) is 1. The van der Waals surface area contributed by atoms with Gasteiger partial charge in [0.2, 0.25) is 5.13 Å². The lowest BCUT2D eigenvalue weighted by Crippen LogP contribution is -2.48. The molecule has 1 aromatic heterocycles. The summed E-state index contributed by atoms with van der Waals surface area (Å²) in [6, 6.07) is 22.8. The number of rotatable bonds is 5. The maximum absolute atomic E-state index is 13.4. The van der Waals surface area contributed by atoms with Crippen LogP contribution in [0, 0.1) is 6.92 Å². The zero-order chi connectivity index (χ0) is 23.7. The molecule has 0 radical (unpaired) electrons. The second kappa shape index (κ2) is 8.88. The van der Waals surface area contributed by atoms with Crippen LogP contribution < -0.4 is 14.4 Å². The van der Waals surface area contributed by atoms with Crippen LogP contribution in [0.5, 0.6) is 5.75 Å². The minimum atomic E-state index is -3.91. The lowest BCUT2D eigenvalue weighted by Gasteiger charge is -2.34. The van der Waals surface area contributed by atoms with Crippen molar-refractivity contribution in [2.45, 2.75) is 17.9 Å². The monoisotopic (exact) mass is 492 g/mol. The number of aryl methyl sites for hydroxylation is 1. The quantitative estimate of drug-likeness (QED) is 0.450. The number of anilines is 2. The number of nitrogens with zero attached hydrogens (tertiary/aromatic N) is 3. The predicted molar refractivity (Wildman–Crippen MR) is 131 cm³/mol. The van der Waals surface area contributed by atoms with Gasteiger partial charge in [0.1, 0.15) is 10.8 Å². The number of carbonyl (C=O) groups excluding carboxylic acids is 1. The Hall–Kier alpha value is -3.76. The molecule has 5 rings (SSSR count). The van der Waals surface area contributed by atoms with Crippen LogP contribution in [0.2, 0.25) is 0 Å². The van der Waals surface area contributed by atoms with Crippen LogP contribution in [0.25, 0.3) is 10.6 Å². The van der Waals surface area contributed by atoms with E-state index >= 15 is 0 Å². The third kappa shape index (κ3) is 4.25. The Bertz CT molecular complexity index is 1440. The van der Waals surface area contributed by atoms with E-state index in [-0.39, 0.29) is 11.4 Å². The molecule has 0 spiro atoms. The largest absolute Gasteiger partial charge is 0.476 e. The summed E-state index contributed by atoms with van der Waals surface area (Å²) in [5, 5.41) is 11.9. The summed E-state index contributed by atoms with van der Waals surface area (Å²) in [6.07, 6.45) is -1.07. The van der Waals surface area contributed by atoms with Crippen molar-refractivity contribution >= 4 is 38.1 Å². The molecule has 2 heterocycles. The first-order chi connectivity index (χ1) is 16.4. The second-order valence-electron chi connectivity index (χ2n) is 7.69. The number of sulfonamides is 1. The average molecular weight is 493 g/mol. The van der Waals surface area contributed by atoms with Crippen molar-refractivity contribution in [2.75, 3.05) is 16.2 Å². The molecule has 172 valence electrons. The van der Waals surface area contributed by atoms with Gasteiger partial charge >= 0.3 is 0 Å². The molecule has 0 aliphatic carbocycles. The van der Waals surface area contributed by atoms with Crippen molar-refractivity contribution in [1.82, 2.24) is 10.2 Å². The zero-order valence-electron chi connectivity index (χ0n) is 18.1. The van der Waals surface area contributed by atoms with Gasteiger partial charge < -0.3 is 4.74 Å². The van der Waals surface area contributed by atoms with Gasteiger partial charge in [-0.15, -0.1) is 10.2 Å². The number of hydrogen-bond acceptors (Lipinski definition) is 7. The molecular formula is C24H20N4O4S2. The lowest BCUT2D eigenvalue weighted by atomic mass is 10.1. The van der Waals surface area contributed by atoms with Gasteiger partial charge in [-0.1, -0.05) is 65.9 Å². The van der Waals surface area contributed by atoms with E-state index in [4.69, 9.17) is 4.74 Å². The van der Waals surface area contributed by atoms with E-state index < -0.39 is 22.0 Å². The van der Waals surface area contributed by atoms with Crippen LogP contribution in [-0.2, 0) is 14.8 Å². The van der Waals surface area contributed by atoms with Crippen LogP contribution >= 0.6 is 11.3 Å². The van der Waals surface area contributed by atoms with E-state index in [1.807, 2.05) is 43.3 Å². The number of amides is 1. The first kappa shape index (κ1) is 22.1. The van der Waals surface area contributed by atoms with E-state index in [1.54, 1.807) is 30.3 Å². The second-order valence-corrected chi connectivity index (χ2v) is 10.5. The Kier molecular flexibility index (Phi) is 5.76. The number of fused-ring (bicyclic) bond motifs is 1. The average Bonchev–Trinajstić information content (AvgIpc) is 3.32. The van der Waals surface area contributed by atoms with Gasteiger partial charge in [-0.05, 0) is 36.8 Å². The van der Waals surface area contributed by atoms with Gasteiger partial charge in [0.15, 0.2) is 6.10 Å². The molecule has 0 saturated heterocycles. The highest BCUT2D eigenvalue weighted by atomic mass is 32.2. The highest BCUT2D eigenvalue weighted by Gasteiger charge is 2.38. The van der Waals surface area contributed by atoms with Crippen molar-refractivity contribution in [1.29, 1.82) is 0 Å². The van der Waals surface area contributed by atoms with E-state index in [0.29, 0.717) is 21.6 Å². The van der Waals surface area contributed by atoms with Crippen molar-refractivity contribution in [3.63, 3.8) is 0 Å². The van der Waals surface area contributed by atoms with Crippen LogP contribution in [0.3, 0.4) is 0 Å². The molecule has 1 aliphatic heterocycles. The van der Waals surface area contributed by atoms with Crippen molar-refractivity contribution in [3.05, 3.63) is 84.4 Å². The summed E-state index contributed by atoms with van der Waals surface area (Å²) in [5.41, 5.74) is 2.16. The summed E-state index contributed by atoms with van der Waals surface area (Å²) in [4.78, 5) is 13.2. The maximum atomic E-state index is 13.4. The minimum Gasteiger partial charge on any atom is -0.476 e. The zero-order valence-corrected chi connectivity index (χ0v) is 19.7. The third-order valence-corrected chi connectivity index (χ3v) is 7.97. The summed E-state index contributed by atoms with van der Waals surface area (Å²) in [5.74, 6) is -0.177. The third-order valence-electron chi connectivity index (χ3n) is 5.28. The van der Waals surface area contributed by atoms with Crippen LogP contribution in [0.4, 0.5) is 10.8 Å². The van der Waals surface area contributed by atoms with Crippen molar-refractivity contribution in [3.8, 4) is 16.3 Å². The highest BCUT2D eigenvalue weighted by Crippen LogP contribution is 2.38. The molecule has 1 atom stereocenters. The molecule has 3 aromatic carbocycles. The fourth-order valence-electron chi connectivity index (χ4n) is 3.60. The maximum Gasteiger partial charge on any atom is 0.269 e. The number of benzene rings is 3. The summed E-state index contributed by atoms with van der Waals surface area (Å²) in [6.45, 7) is 1.69. The van der Waals surface area contributed by atoms with E-state index in [1.165, 1.54) is 27.8 Å². The Labute approximate surface area is 200 Å². The van der Waals surface area contributed by atoms with Gasteiger partial charge in [-0.3, -0.25) is 14.4 Å². The first-order valence-electron chi connectivity index (χ1n) is 10.5. The fourth-order valence-corrected chi connectivity index (χ4v) is 5.85. The normalized spacial score (nSPS) is 15.3. The molecule has 1 amide bonds. The molecule has 1 aliphatic rings. The highest BCUT2D eigenvalue weighted by molar-refractivity contribution is 7.92. The van der Waals surface area contributed by atoms with Gasteiger partial charge in [-0.2, -0.15) is 0 Å². The minimum absolute atomic E-state index is 0.138. The number of hydrogen-bond donors (Lipinski definition) is 1. The molecule has 8 nitrogen and oxygen atoms in total. The van der Waals surface area contributed by atoms with Gasteiger partial charge in [0, 0.05) is 5.56 Å². The Morgan fingerprint density at radius 2 is 1.74 bits per heavy atom. The molecule has 1 unspecified atom stereocenters. The molecule has 10 heteroatoms. The van der Waals surface area contributed by atoms with Crippen molar-refractivity contribution < 1.29 is 17.9 Å². The van der Waals surface area contributed by atoms with E-state index in [9.17, 15) is 13.2 Å². The summed E-state index contributed by atoms with van der Waals surface area (Å²) >= 11 is 1.23. The number of aromatic nitrogens is 2. The van der Waals surface area contributed by atoms with Gasteiger partial charge in [0.25, 0.3) is 15.9 Å². The Balaban J connectivity index is 1.43. The topological polar surface area (TPSA) is 101 Å². The number of ether oxygens (including phenoxy) is 1. The lowest BCUT2D eigenvalue weighted by molar-refractivity contribution is -0.122. The predicted octanol–water partition coefficient (Wildman–Crippen LogP) is 4.11. The van der Waals surface area contributed by atoms with Crippen LogP contribution in [-0.4, -0.2) is 37.2 Å². The SMILES string of the molecule is Cc1ccc2c(c1)OC(C(=O)Nc1nnc(-c3ccccc3)s1)CN2S(=O)(=O)c1ccccc1. The fraction of sp³-hybridized carbons (Fsp3) is 0.125. The first-order valence-corrected chi connectivity index (χ1v) is 12.7. The molecule has 0 bridgehead atoms. The van der Waals surface area contributed by atoms with Gasteiger partial charge in [0.05, 0.1) is 17.1 Å². The Morgan fingerprint density at radius 3 is 2.47 bits per heavy atom. The molecule has 0 fully saturated rings.